The molecule has 0 saturated carbocycles. The van der Waals surface area contributed by atoms with Gasteiger partial charge in [0.05, 0.1) is 14.2 Å². The van der Waals surface area contributed by atoms with Gasteiger partial charge in [-0.2, -0.15) is 0 Å². The normalized spacial score (nSPS) is 12.1. The molecule has 0 aromatic heterocycles. The first-order valence-corrected chi connectivity index (χ1v) is 7.73. The van der Waals surface area contributed by atoms with E-state index in [0.717, 1.165) is 11.8 Å². The van der Waals surface area contributed by atoms with Crippen molar-refractivity contribution in [2.75, 3.05) is 19.5 Å². The van der Waals surface area contributed by atoms with E-state index in [9.17, 15) is 4.79 Å². The third-order valence-corrected chi connectivity index (χ3v) is 3.61. The molecule has 1 aromatic carbocycles. The summed E-state index contributed by atoms with van der Waals surface area (Å²) in [6.07, 6.45) is 0.893. The van der Waals surface area contributed by atoms with Gasteiger partial charge in [0, 0.05) is 23.0 Å². The second-order valence-electron chi connectivity index (χ2n) is 4.90. The molecule has 0 heterocycles. The van der Waals surface area contributed by atoms with E-state index in [2.05, 4.69) is 35.1 Å². The molecule has 1 rings (SSSR count). The highest BCUT2D eigenvalue weighted by molar-refractivity contribution is 9.09. The van der Waals surface area contributed by atoms with E-state index in [1.165, 1.54) is 0 Å². The standard InChI is InChI=1S/C15H22BrNO3/c1-10(2)14(5-6-16)17-15(18)11-7-12(19-3)9-13(8-11)20-4/h7-10,14H,5-6H2,1-4H3,(H,17,18). The van der Waals surface area contributed by atoms with Crippen molar-refractivity contribution < 1.29 is 14.3 Å². The monoisotopic (exact) mass is 343 g/mol. The summed E-state index contributed by atoms with van der Waals surface area (Å²) in [6.45, 7) is 4.19. The van der Waals surface area contributed by atoms with Crippen LogP contribution < -0.4 is 14.8 Å². The number of hydrogen-bond donors (Lipinski definition) is 1. The van der Waals surface area contributed by atoms with Crippen LogP contribution in [0, 0.1) is 5.92 Å². The Morgan fingerprint density at radius 3 is 2.15 bits per heavy atom. The number of halogens is 1. The topological polar surface area (TPSA) is 47.6 Å². The van der Waals surface area contributed by atoms with E-state index in [0.29, 0.717) is 23.0 Å². The molecule has 0 aliphatic carbocycles. The summed E-state index contributed by atoms with van der Waals surface area (Å²) in [4.78, 5) is 12.3. The summed E-state index contributed by atoms with van der Waals surface area (Å²) < 4.78 is 10.4. The minimum Gasteiger partial charge on any atom is -0.497 e. The van der Waals surface area contributed by atoms with Gasteiger partial charge in [0.15, 0.2) is 0 Å². The summed E-state index contributed by atoms with van der Waals surface area (Å²) in [5, 5.41) is 3.91. The van der Waals surface area contributed by atoms with Gasteiger partial charge in [0.1, 0.15) is 11.5 Å². The summed E-state index contributed by atoms with van der Waals surface area (Å²) in [5.74, 6) is 1.48. The van der Waals surface area contributed by atoms with Crippen molar-refractivity contribution in [3.63, 3.8) is 0 Å². The first-order valence-electron chi connectivity index (χ1n) is 6.61. The zero-order chi connectivity index (χ0) is 15.1. The van der Waals surface area contributed by atoms with Gasteiger partial charge in [-0.05, 0) is 24.5 Å². The zero-order valence-electron chi connectivity index (χ0n) is 12.4. The van der Waals surface area contributed by atoms with Gasteiger partial charge in [0.25, 0.3) is 5.91 Å². The number of alkyl halides is 1. The van der Waals surface area contributed by atoms with Gasteiger partial charge in [-0.15, -0.1) is 0 Å². The van der Waals surface area contributed by atoms with Crippen LogP contribution in [0.2, 0.25) is 0 Å². The summed E-state index contributed by atoms with van der Waals surface area (Å²) >= 11 is 3.42. The lowest BCUT2D eigenvalue weighted by Gasteiger charge is -2.21. The molecule has 0 fully saturated rings. The van der Waals surface area contributed by atoms with Gasteiger partial charge in [-0.3, -0.25) is 4.79 Å². The van der Waals surface area contributed by atoms with E-state index in [1.807, 2.05) is 0 Å². The Labute approximate surface area is 129 Å². The van der Waals surface area contributed by atoms with Crippen LogP contribution >= 0.6 is 15.9 Å². The number of amides is 1. The molecular weight excluding hydrogens is 322 g/mol. The maximum absolute atomic E-state index is 12.3. The Hall–Kier alpha value is -1.23. The van der Waals surface area contributed by atoms with Crippen LogP contribution in [0.25, 0.3) is 0 Å². The van der Waals surface area contributed by atoms with Crippen LogP contribution in [0.3, 0.4) is 0 Å². The Morgan fingerprint density at radius 2 is 1.75 bits per heavy atom. The number of methoxy groups -OCH3 is 2. The minimum absolute atomic E-state index is 0.109. The van der Waals surface area contributed by atoms with Crippen molar-refractivity contribution in [3.8, 4) is 11.5 Å². The predicted molar refractivity (Wildman–Crippen MR) is 84.0 cm³/mol. The molecule has 20 heavy (non-hydrogen) atoms. The number of hydrogen-bond acceptors (Lipinski definition) is 3. The molecule has 5 heteroatoms. The molecule has 0 spiro atoms. The zero-order valence-corrected chi connectivity index (χ0v) is 14.0. The first kappa shape index (κ1) is 16.8. The molecule has 4 nitrogen and oxygen atoms in total. The quantitative estimate of drug-likeness (QED) is 0.773. The van der Waals surface area contributed by atoms with Gasteiger partial charge < -0.3 is 14.8 Å². The smallest absolute Gasteiger partial charge is 0.251 e. The summed E-state index contributed by atoms with van der Waals surface area (Å²) in [5.41, 5.74) is 0.543. The lowest BCUT2D eigenvalue weighted by molar-refractivity contribution is 0.0924. The molecule has 1 N–H and O–H groups in total. The molecule has 0 aliphatic heterocycles. The first-order chi connectivity index (χ1) is 9.51. The van der Waals surface area contributed by atoms with Crippen LogP contribution in [0.5, 0.6) is 11.5 Å². The van der Waals surface area contributed by atoms with Crippen LogP contribution in [-0.2, 0) is 0 Å². The van der Waals surface area contributed by atoms with Crippen LogP contribution in [-0.4, -0.2) is 31.5 Å². The molecule has 0 radical (unpaired) electrons. The number of carbonyl (C=O) groups excluding carboxylic acids is 1. The van der Waals surface area contributed by atoms with Crippen LogP contribution in [0.1, 0.15) is 30.6 Å². The maximum Gasteiger partial charge on any atom is 0.251 e. The summed E-state index contributed by atoms with van der Waals surface area (Å²) in [6, 6.07) is 5.31. The van der Waals surface area contributed by atoms with Gasteiger partial charge in [-0.1, -0.05) is 29.8 Å². The van der Waals surface area contributed by atoms with E-state index >= 15 is 0 Å². The van der Waals surface area contributed by atoms with E-state index in [1.54, 1.807) is 32.4 Å². The second kappa shape index (κ2) is 8.15. The predicted octanol–water partition coefficient (Wildman–Crippen LogP) is 3.24. The van der Waals surface area contributed by atoms with Crippen molar-refractivity contribution in [2.45, 2.75) is 26.3 Å². The van der Waals surface area contributed by atoms with Crippen molar-refractivity contribution >= 4 is 21.8 Å². The van der Waals surface area contributed by atoms with Crippen molar-refractivity contribution in [3.05, 3.63) is 23.8 Å². The molecular formula is C15H22BrNO3. The van der Waals surface area contributed by atoms with Crippen LogP contribution in [0.15, 0.2) is 18.2 Å². The lowest BCUT2D eigenvalue weighted by atomic mass is 10.0. The lowest BCUT2D eigenvalue weighted by Crippen LogP contribution is -2.38. The molecule has 0 bridgehead atoms. The number of nitrogens with one attached hydrogen (secondary N) is 1. The maximum atomic E-state index is 12.3. The van der Waals surface area contributed by atoms with Gasteiger partial charge >= 0.3 is 0 Å². The fourth-order valence-corrected chi connectivity index (χ4v) is 2.37. The van der Waals surface area contributed by atoms with Crippen LogP contribution in [0.4, 0.5) is 0 Å². The van der Waals surface area contributed by atoms with Gasteiger partial charge in [0.2, 0.25) is 0 Å². The second-order valence-corrected chi connectivity index (χ2v) is 5.70. The SMILES string of the molecule is COc1cc(OC)cc(C(=O)NC(CCBr)C(C)C)c1. The van der Waals surface area contributed by atoms with Crippen molar-refractivity contribution in [2.24, 2.45) is 5.92 Å². The fraction of sp³-hybridized carbons (Fsp3) is 0.533. The van der Waals surface area contributed by atoms with E-state index in [4.69, 9.17) is 9.47 Å². The molecule has 1 atom stereocenters. The molecule has 0 aliphatic rings. The fourth-order valence-electron chi connectivity index (χ4n) is 1.88. The highest BCUT2D eigenvalue weighted by Crippen LogP contribution is 2.22. The third-order valence-electron chi connectivity index (χ3n) is 3.15. The Kier molecular flexibility index (Phi) is 6.85. The van der Waals surface area contributed by atoms with Gasteiger partial charge in [-0.25, -0.2) is 0 Å². The number of rotatable bonds is 7. The third kappa shape index (κ3) is 4.71. The van der Waals surface area contributed by atoms with Crippen molar-refractivity contribution in [1.82, 2.24) is 5.32 Å². The highest BCUT2D eigenvalue weighted by Gasteiger charge is 2.17. The largest absolute Gasteiger partial charge is 0.497 e. The Balaban J connectivity index is 2.90. The number of ether oxygens (including phenoxy) is 2. The minimum atomic E-state index is -0.109. The summed E-state index contributed by atoms with van der Waals surface area (Å²) in [7, 11) is 3.14. The highest BCUT2D eigenvalue weighted by atomic mass is 79.9. The van der Waals surface area contributed by atoms with E-state index in [-0.39, 0.29) is 11.9 Å². The Bertz CT molecular complexity index is 426. The molecule has 112 valence electrons. The molecule has 1 amide bonds. The van der Waals surface area contributed by atoms with Crippen molar-refractivity contribution in [1.29, 1.82) is 0 Å². The van der Waals surface area contributed by atoms with E-state index < -0.39 is 0 Å². The molecule has 1 unspecified atom stereocenters. The molecule has 0 saturated heterocycles. The number of benzene rings is 1. The average molecular weight is 344 g/mol. The Morgan fingerprint density at radius 1 is 1.20 bits per heavy atom. The number of carbonyl (C=O) groups is 1. The molecule has 1 aromatic rings. The average Bonchev–Trinajstić information content (AvgIpc) is 2.45.